The van der Waals surface area contributed by atoms with Crippen molar-refractivity contribution >= 4 is 33.5 Å². The first kappa shape index (κ1) is 22.7. The zero-order chi connectivity index (χ0) is 21.7. The molecule has 1 aliphatic carbocycles. The van der Waals surface area contributed by atoms with E-state index >= 15 is 0 Å². The number of carbonyl (C=O) groups is 1. The summed E-state index contributed by atoms with van der Waals surface area (Å²) >= 11 is 1.51. The molecule has 0 saturated heterocycles. The lowest BCUT2D eigenvalue weighted by atomic mass is 9.95. The quantitative estimate of drug-likeness (QED) is 0.512. The number of sulfonamides is 1. The molecule has 0 unspecified atom stereocenters. The molecule has 3 rings (SSSR count). The zero-order valence-electron chi connectivity index (χ0n) is 17.7. The summed E-state index contributed by atoms with van der Waals surface area (Å²) in [4.78, 5) is 13.8. The highest BCUT2D eigenvalue weighted by Gasteiger charge is 2.35. The van der Waals surface area contributed by atoms with Gasteiger partial charge in [-0.05, 0) is 56.2 Å². The molecule has 8 heteroatoms. The Morgan fingerprint density at radius 2 is 1.87 bits per heavy atom. The van der Waals surface area contributed by atoms with Crippen LogP contribution in [0.5, 0.6) is 0 Å². The van der Waals surface area contributed by atoms with E-state index < -0.39 is 15.9 Å². The lowest BCUT2D eigenvalue weighted by molar-refractivity contribution is -0.121. The molecule has 162 valence electrons. The summed E-state index contributed by atoms with van der Waals surface area (Å²) in [7, 11) is -3.82. The van der Waals surface area contributed by atoms with Crippen molar-refractivity contribution in [1.82, 2.24) is 9.73 Å². The second kappa shape index (κ2) is 9.85. The maximum atomic E-state index is 13.7. The Morgan fingerprint density at radius 1 is 1.20 bits per heavy atom. The van der Waals surface area contributed by atoms with Crippen molar-refractivity contribution in [2.24, 2.45) is 5.10 Å². The van der Waals surface area contributed by atoms with Crippen LogP contribution in [-0.4, -0.2) is 37.4 Å². The van der Waals surface area contributed by atoms with Crippen LogP contribution >= 0.6 is 11.3 Å². The summed E-state index contributed by atoms with van der Waals surface area (Å²) in [6, 6.07) is 7.38. The number of rotatable bonds is 7. The normalized spacial score (nSPS) is 15.7. The number of amides is 1. The van der Waals surface area contributed by atoms with Crippen molar-refractivity contribution in [3.05, 3.63) is 51.2 Å². The molecule has 1 fully saturated rings. The van der Waals surface area contributed by atoms with Gasteiger partial charge in [0.2, 0.25) is 10.0 Å². The third-order valence-electron chi connectivity index (χ3n) is 5.38. The predicted octanol–water partition coefficient (Wildman–Crippen LogP) is 4.15. The molecule has 0 atom stereocenters. The second-order valence-electron chi connectivity index (χ2n) is 7.88. The van der Waals surface area contributed by atoms with Gasteiger partial charge in [-0.2, -0.15) is 9.41 Å². The molecule has 1 N–H and O–H groups in total. The summed E-state index contributed by atoms with van der Waals surface area (Å²) in [5, 5.41) is 5.90. The van der Waals surface area contributed by atoms with E-state index in [1.807, 2.05) is 50.4 Å². The summed E-state index contributed by atoms with van der Waals surface area (Å²) in [5.41, 5.74) is 4.93. The van der Waals surface area contributed by atoms with Crippen LogP contribution in [0.4, 0.5) is 0 Å². The van der Waals surface area contributed by atoms with E-state index in [0.29, 0.717) is 16.0 Å². The molecular weight excluding hydrogens is 418 g/mol. The van der Waals surface area contributed by atoms with Gasteiger partial charge in [-0.15, -0.1) is 11.3 Å². The minimum Gasteiger partial charge on any atom is -0.272 e. The number of benzene rings is 1. The van der Waals surface area contributed by atoms with Crippen LogP contribution in [-0.2, 0) is 14.8 Å². The molecule has 2 aromatic rings. The fourth-order valence-electron chi connectivity index (χ4n) is 4.18. The van der Waals surface area contributed by atoms with Gasteiger partial charge in [-0.25, -0.2) is 13.8 Å². The largest absolute Gasteiger partial charge is 0.272 e. The topological polar surface area (TPSA) is 78.8 Å². The van der Waals surface area contributed by atoms with Crippen LogP contribution in [0.2, 0.25) is 0 Å². The molecule has 0 aliphatic heterocycles. The average molecular weight is 448 g/mol. The van der Waals surface area contributed by atoms with E-state index in [2.05, 4.69) is 10.5 Å². The highest BCUT2D eigenvalue weighted by molar-refractivity contribution is 7.89. The molecule has 1 amide bonds. The summed E-state index contributed by atoms with van der Waals surface area (Å²) in [6.07, 6.45) is 6.16. The smallest absolute Gasteiger partial charge is 0.255 e. The molecule has 0 radical (unpaired) electrons. The number of aryl methyl sites for hydroxylation is 3. The number of nitrogens with zero attached hydrogens (tertiary/aromatic N) is 2. The number of hydrazone groups is 1. The van der Waals surface area contributed by atoms with Crippen LogP contribution in [0.15, 0.2) is 39.6 Å². The lowest BCUT2D eigenvalue weighted by Gasteiger charge is -2.33. The van der Waals surface area contributed by atoms with Crippen LogP contribution in [0.1, 0.15) is 53.7 Å². The van der Waals surface area contributed by atoms with Crippen LogP contribution in [0.3, 0.4) is 0 Å². The minimum absolute atomic E-state index is 0.170. The van der Waals surface area contributed by atoms with Gasteiger partial charge in [0.1, 0.15) is 0 Å². The van der Waals surface area contributed by atoms with E-state index in [1.165, 1.54) is 15.6 Å². The summed E-state index contributed by atoms with van der Waals surface area (Å²) in [6.45, 7) is 5.35. The third-order valence-corrected chi connectivity index (χ3v) is 8.39. The number of hydrogen-bond donors (Lipinski definition) is 1. The van der Waals surface area contributed by atoms with Crippen LogP contribution in [0.25, 0.3) is 0 Å². The number of hydrogen-bond acceptors (Lipinski definition) is 5. The number of nitrogens with one attached hydrogen (secondary N) is 1. The van der Waals surface area contributed by atoms with Crippen molar-refractivity contribution in [2.45, 2.75) is 63.8 Å². The van der Waals surface area contributed by atoms with Gasteiger partial charge in [0, 0.05) is 10.9 Å². The highest BCUT2D eigenvalue weighted by atomic mass is 32.2. The molecule has 1 aliphatic rings. The first-order valence-corrected chi connectivity index (χ1v) is 12.6. The Kier molecular flexibility index (Phi) is 7.44. The highest BCUT2D eigenvalue weighted by Crippen LogP contribution is 2.31. The van der Waals surface area contributed by atoms with Gasteiger partial charge in [0.05, 0.1) is 17.7 Å². The molecule has 1 aromatic heterocycles. The Bertz CT molecular complexity index is 985. The van der Waals surface area contributed by atoms with E-state index in [1.54, 1.807) is 6.21 Å². The fourth-order valence-corrected chi connectivity index (χ4v) is 6.82. The molecule has 0 spiro atoms. The van der Waals surface area contributed by atoms with E-state index in [0.717, 1.165) is 42.5 Å². The Labute approximate surface area is 183 Å². The van der Waals surface area contributed by atoms with E-state index in [4.69, 9.17) is 0 Å². The van der Waals surface area contributed by atoms with Crippen LogP contribution < -0.4 is 5.43 Å². The first-order valence-electron chi connectivity index (χ1n) is 10.2. The predicted molar refractivity (Wildman–Crippen MR) is 121 cm³/mol. The summed E-state index contributed by atoms with van der Waals surface area (Å²) < 4.78 is 28.8. The van der Waals surface area contributed by atoms with Crippen molar-refractivity contribution in [3.63, 3.8) is 0 Å². The number of thiophene rings is 1. The Hall–Kier alpha value is -2.03. The Balaban J connectivity index is 1.86. The maximum absolute atomic E-state index is 13.7. The first-order chi connectivity index (χ1) is 14.3. The van der Waals surface area contributed by atoms with E-state index in [-0.39, 0.29) is 12.6 Å². The molecule has 30 heavy (non-hydrogen) atoms. The maximum Gasteiger partial charge on any atom is 0.255 e. The summed E-state index contributed by atoms with van der Waals surface area (Å²) in [5.74, 6) is -0.431. The molecule has 0 bridgehead atoms. The second-order valence-corrected chi connectivity index (χ2v) is 10.7. The number of carbonyl (C=O) groups excluding carboxylic acids is 1. The zero-order valence-corrected chi connectivity index (χ0v) is 19.4. The molecule has 1 aromatic carbocycles. The van der Waals surface area contributed by atoms with Gasteiger partial charge in [-0.1, -0.05) is 43.0 Å². The van der Waals surface area contributed by atoms with Gasteiger partial charge in [-0.3, -0.25) is 4.79 Å². The van der Waals surface area contributed by atoms with Gasteiger partial charge >= 0.3 is 0 Å². The molecule has 6 nitrogen and oxygen atoms in total. The van der Waals surface area contributed by atoms with Crippen molar-refractivity contribution in [2.75, 3.05) is 6.54 Å². The molecular formula is C22H29N3O3S2. The van der Waals surface area contributed by atoms with E-state index in [9.17, 15) is 13.2 Å². The van der Waals surface area contributed by atoms with Crippen LogP contribution in [0, 0.1) is 20.8 Å². The SMILES string of the molecule is Cc1cc(C)c(S(=O)(=O)N(CC(=O)N/N=C/c2cccs2)C2CCCCC2)c(C)c1. The lowest BCUT2D eigenvalue weighted by Crippen LogP contribution is -2.46. The van der Waals surface area contributed by atoms with Gasteiger partial charge < -0.3 is 0 Å². The monoisotopic (exact) mass is 447 g/mol. The van der Waals surface area contributed by atoms with Crippen molar-refractivity contribution in [1.29, 1.82) is 0 Å². The fraction of sp³-hybridized carbons (Fsp3) is 0.455. The van der Waals surface area contributed by atoms with Gasteiger partial charge in [0.25, 0.3) is 5.91 Å². The molecule has 1 saturated carbocycles. The molecule has 1 heterocycles. The van der Waals surface area contributed by atoms with Crippen molar-refractivity contribution < 1.29 is 13.2 Å². The standard InChI is InChI=1S/C22H29N3O3S2/c1-16-12-17(2)22(18(3)13-16)30(27,28)25(19-8-5-4-6-9-19)15-21(26)24-23-14-20-10-7-11-29-20/h7,10-14,19H,4-6,8-9,15H2,1-3H3,(H,24,26)/b23-14+. The van der Waals surface area contributed by atoms with Gasteiger partial charge in [0.15, 0.2) is 0 Å². The average Bonchev–Trinajstić information content (AvgIpc) is 3.19. The van der Waals surface area contributed by atoms with Crippen molar-refractivity contribution in [3.8, 4) is 0 Å². The minimum atomic E-state index is -3.82. The third kappa shape index (κ3) is 5.36. The Morgan fingerprint density at radius 3 is 2.47 bits per heavy atom.